The van der Waals surface area contributed by atoms with Gasteiger partial charge in [0.15, 0.2) is 6.61 Å². The van der Waals surface area contributed by atoms with Gasteiger partial charge in [0.05, 0.1) is 22.3 Å². The van der Waals surface area contributed by atoms with Crippen LogP contribution in [0.2, 0.25) is 10.2 Å². The first-order valence-corrected chi connectivity index (χ1v) is 13.2. The van der Waals surface area contributed by atoms with Gasteiger partial charge in [-0.1, -0.05) is 35.3 Å². The minimum atomic E-state index is -0.699. The molecule has 2 aliphatic rings. The van der Waals surface area contributed by atoms with E-state index in [1.807, 2.05) is 29.0 Å². The molecule has 1 aliphatic carbocycles. The van der Waals surface area contributed by atoms with Crippen LogP contribution < -0.4 is 0 Å². The molecule has 1 saturated carbocycles. The second-order valence-electron chi connectivity index (χ2n) is 7.94. The molecule has 6 nitrogen and oxygen atoms in total. The maximum atomic E-state index is 13.2. The second kappa shape index (κ2) is 10.00. The van der Waals surface area contributed by atoms with Gasteiger partial charge in [-0.3, -0.25) is 4.79 Å². The number of carbonyl (C=O) groups excluding carboxylic acids is 2. The maximum absolute atomic E-state index is 13.2. The number of aromatic nitrogens is 1. The number of rotatable bonds is 5. The molecule has 34 heavy (non-hydrogen) atoms. The minimum absolute atomic E-state index is 0.0926. The highest BCUT2D eigenvalue weighted by Crippen LogP contribution is 2.45. The van der Waals surface area contributed by atoms with Crippen LogP contribution in [0.4, 0.5) is 0 Å². The molecule has 4 heterocycles. The summed E-state index contributed by atoms with van der Waals surface area (Å²) in [6, 6.07) is 9.26. The van der Waals surface area contributed by atoms with E-state index in [1.54, 1.807) is 22.7 Å². The Morgan fingerprint density at radius 2 is 2.03 bits per heavy atom. The van der Waals surface area contributed by atoms with Crippen LogP contribution in [-0.4, -0.2) is 34.2 Å². The molecular formula is C24H19Cl2N3O3S2. The van der Waals surface area contributed by atoms with Gasteiger partial charge in [0, 0.05) is 21.9 Å². The molecule has 10 heteroatoms. The number of fused-ring (bicyclic) bond motifs is 1. The molecule has 0 spiro atoms. The number of allylic oxidation sites excluding steroid dienone is 1. The van der Waals surface area contributed by atoms with Gasteiger partial charge in [0.2, 0.25) is 0 Å². The van der Waals surface area contributed by atoms with Crippen molar-refractivity contribution in [3.8, 4) is 0 Å². The van der Waals surface area contributed by atoms with Gasteiger partial charge >= 0.3 is 5.97 Å². The van der Waals surface area contributed by atoms with E-state index in [1.165, 1.54) is 22.1 Å². The Balaban J connectivity index is 1.38. The smallest absolute Gasteiger partial charge is 0.340 e. The summed E-state index contributed by atoms with van der Waals surface area (Å²) >= 11 is 15.0. The number of esters is 1. The fourth-order valence-corrected chi connectivity index (χ4v) is 6.13. The monoisotopic (exact) mass is 531 g/mol. The number of hydrogen-bond acceptors (Lipinski definition) is 7. The zero-order valence-corrected chi connectivity index (χ0v) is 21.0. The normalized spacial score (nSPS) is 20.8. The molecule has 0 N–H and O–H groups in total. The van der Waals surface area contributed by atoms with Crippen molar-refractivity contribution in [2.75, 3.05) is 6.61 Å². The van der Waals surface area contributed by atoms with Gasteiger partial charge in [-0.15, -0.1) is 22.7 Å². The number of hydrazone groups is 1. The number of amides is 1. The van der Waals surface area contributed by atoms with E-state index in [9.17, 15) is 9.59 Å². The SMILES string of the molecule is O=C(OCC(=O)N1N=C2C(=Cc3cccs3)CCCC2C1c1cccs1)c1cnc(Cl)c(Cl)c1. The van der Waals surface area contributed by atoms with Crippen LogP contribution in [-0.2, 0) is 9.53 Å². The Labute approximate surface area is 214 Å². The first-order valence-electron chi connectivity index (χ1n) is 10.7. The summed E-state index contributed by atoms with van der Waals surface area (Å²) in [5, 5.41) is 10.6. The molecule has 1 amide bonds. The Bertz CT molecular complexity index is 1270. The summed E-state index contributed by atoms with van der Waals surface area (Å²) < 4.78 is 5.28. The van der Waals surface area contributed by atoms with Crippen molar-refractivity contribution in [1.82, 2.24) is 9.99 Å². The Kier molecular flexibility index (Phi) is 6.83. The van der Waals surface area contributed by atoms with Gasteiger partial charge in [-0.05, 0) is 59.9 Å². The van der Waals surface area contributed by atoms with E-state index in [4.69, 9.17) is 33.0 Å². The van der Waals surface area contributed by atoms with Crippen molar-refractivity contribution < 1.29 is 14.3 Å². The standard InChI is InChI=1S/C24H19Cl2N3O3S2/c25-18-11-15(12-27-23(18)26)24(31)32-13-20(30)29-22(19-7-3-9-34-19)17-6-1-4-14(21(17)28-29)10-16-5-2-8-33-16/h2-3,5,7-12,17,22H,1,4,6,13H2. The fourth-order valence-electron chi connectivity index (χ4n) is 4.30. The molecule has 3 aromatic heterocycles. The van der Waals surface area contributed by atoms with Crippen LogP contribution in [0.5, 0.6) is 0 Å². The predicted molar refractivity (Wildman–Crippen MR) is 136 cm³/mol. The zero-order valence-electron chi connectivity index (χ0n) is 17.8. The number of nitrogens with zero attached hydrogens (tertiary/aromatic N) is 3. The van der Waals surface area contributed by atoms with Crippen molar-refractivity contribution in [2.45, 2.75) is 25.3 Å². The van der Waals surface area contributed by atoms with E-state index < -0.39 is 12.6 Å². The number of hydrogen-bond donors (Lipinski definition) is 0. The third-order valence-corrected chi connectivity index (χ3v) is 8.26. The van der Waals surface area contributed by atoms with Crippen molar-refractivity contribution in [1.29, 1.82) is 0 Å². The number of halogens is 2. The Morgan fingerprint density at radius 1 is 1.21 bits per heavy atom. The third-order valence-electron chi connectivity index (χ3n) is 5.81. The van der Waals surface area contributed by atoms with Crippen molar-refractivity contribution in [3.05, 3.63) is 78.4 Å². The second-order valence-corrected chi connectivity index (χ2v) is 10.7. The predicted octanol–water partition coefficient (Wildman–Crippen LogP) is 6.49. The minimum Gasteiger partial charge on any atom is -0.452 e. The van der Waals surface area contributed by atoms with Gasteiger partial charge in [-0.25, -0.2) is 14.8 Å². The summed E-state index contributed by atoms with van der Waals surface area (Å²) in [5.41, 5.74) is 2.24. The van der Waals surface area contributed by atoms with Crippen LogP contribution in [0.1, 0.15) is 45.4 Å². The molecule has 0 saturated heterocycles. The van der Waals surface area contributed by atoms with E-state index in [2.05, 4.69) is 17.1 Å². The lowest BCUT2D eigenvalue weighted by molar-refractivity contribution is -0.136. The lowest BCUT2D eigenvalue weighted by Gasteiger charge is -2.28. The number of thiophene rings is 2. The topological polar surface area (TPSA) is 71.9 Å². The van der Waals surface area contributed by atoms with Crippen molar-refractivity contribution >= 4 is 69.5 Å². The van der Waals surface area contributed by atoms with Gasteiger partial charge in [0.25, 0.3) is 5.91 Å². The van der Waals surface area contributed by atoms with Gasteiger partial charge < -0.3 is 4.74 Å². The van der Waals surface area contributed by atoms with Crippen LogP contribution in [0.25, 0.3) is 6.08 Å². The quantitative estimate of drug-likeness (QED) is 0.278. The molecule has 174 valence electrons. The van der Waals surface area contributed by atoms with E-state index >= 15 is 0 Å². The van der Waals surface area contributed by atoms with Crippen LogP contribution in [0, 0.1) is 5.92 Å². The number of pyridine rings is 1. The molecule has 0 aromatic carbocycles. The summed E-state index contributed by atoms with van der Waals surface area (Å²) in [7, 11) is 0. The molecule has 0 bridgehead atoms. The van der Waals surface area contributed by atoms with Crippen LogP contribution in [0.3, 0.4) is 0 Å². The first kappa shape index (κ1) is 23.2. The number of ether oxygens (including phenoxy) is 1. The third kappa shape index (κ3) is 4.68. The van der Waals surface area contributed by atoms with E-state index in [-0.39, 0.29) is 33.6 Å². The van der Waals surface area contributed by atoms with Crippen LogP contribution in [0.15, 0.2) is 58.0 Å². The lowest BCUT2D eigenvalue weighted by Crippen LogP contribution is -2.34. The first-order chi connectivity index (χ1) is 16.5. The molecule has 2 unspecified atom stereocenters. The van der Waals surface area contributed by atoms with Gasteiger partial charge in [-0.2, -0.15) is 5.10 Å². The molecule has 5 rings (SSSR count). The lowest BCUT2D eigenvalue weighted by atomic mass is 9.79. The molecule has 0 radical (unpaired) electrons. The van der Waals surface area contributed by atoms with Crippen molar-refractivity contribution in [3.63, 3.8) is 0 Å². The van der Waals surface area contributed by atoms with Crippen molar-refractivity contribution in [2.24, 2.45) is 11.0 Å². The average Bonchev–Trinajstić information content (AvgIpc) is 3.60. The van der Waals surface area contributed by atoms with Gasteiger partial charge in [0.1, 0.15) is 5.15 Å². The Morgan fingerprint density at radius 3 is 2.76 bits per heavy atom. The zero-order chi connectivity index (χ0) is 23.7. The van der Waals surface area contributed by atoms with E-state index in [0.29, 0.717) is 0 Å². The highest BCUT2D eigenvalue weighted by Gasteiger charge is 2.44. The van der Waals surface area contributed by atoms with E-state index in [0.717, 1.165) is 35.4 Å². The average molecular weight is 532 g/mol. The molecule has 2 atom stereocenters. The summed E-state index contributed by atoms with van der Waals surface area (Å²) in [5.74, 6) is -0.968. The maximum Gasteiger partial charge on any atom is 0.340 e. The largest absolute Gasteiger partial charge is 0.452 e. The highest BCUT2D eigenvalue weighted by molar-refractivity contribution is 7.11. The summed E-state index contributed by atoms with van der Waals surface area (Å²) in [6.45, 7) is -0.436. The molecule has 3 aromatic rings. The fraction of sp³-hybridized carbons (Fsp3) is 0.250. The summed E-state index contributed by atoms with van der Waals surface area (Å²) in [6.07, 6.45) is 6.34. The molecular weight excluding hydrogens is 513 g/mol. The molecule has 1 fully saturated rings. The Hall–Kier alpha value is -2.52. The molecule has 1 aliphatic heterocycles. The highest BCUT2D eigenvalue weighted by atomic mass is 35.5. The number of carbonyl (C=O) groups is 2. The summed E-state index contributed by atoms with van der Waals surface area (Å²) in [4.78, 5) is 31.8. The van der Waals surface area contributed by atoms with Crippen LogP contribution >= 0.6 is 45.9 Å².